The first-order chi connectivity index (χ1) is 9.13. The summed E-state index contributed by atoms with van der Waals surface area (Å²) in [6, 6.07) is 7.39. The Kier molecular flexibility index (Phi) is 4.45. The van der Waals surface area contributed by atoms with Crippen molar-refractivity contribution in [3.63, 3.8) is 0 Å². The second kappa shape index (κ2) is 6.08. The molecule has 0 bridgehead atoms. The average molecular weight is 281 g/mol. The van der Waals surface area contributed by atoms with Crippen LogP contribution >= 0.6 is 11.6 Å². The molecule has 0 aliphatic rings. The van der Waals surface area contributed by atoms with Crippen LogP contribution in [0.5, 0.6) is 5.75 Å². The summed E-state index contributed by atoms with van der Waals surface area (Å²) in [5.41, 5.74) is 1.31. The molecule has 0 amide bonds. The molecule has 19 heavy (non-hydrogen) atoms. The van der Waals surface area contributed by atoms with Crippen LogP contribution in [-0.4, -0.2) is 21.5 Å². The molecule has 0 aliphatic heterocycles. The van der Waals surface area contributed by atoms with Crippen molar-refractivity contribution >= 4 is 11.6 Å². The van der Waals surface area contributed by atoms with Crippen molar-refractivity contribution in [2.24, 2.45) is 7.05 Å². The molecule has 5 heteroatoms. The van der Waals surface area contributed by atoms with Crippen LogP contribution in [0.3, 0.4) is 0 Å². The molecule has 2 aromatic rings. The summed E-state index contributed by atoms with van der Waals surface area (Å²) < 4.78 is 7.13. The molecule has 1 aromatic heterocycles. The zero-order valence-corrected chi connectivity index (χ0v) is 11.8. The van der Waals surface area contributed by atoms with E-state index in [0.29, 0.717) is 17.3 Å². The first-order valence-corrected chi connectivity index (χ1v) is 6.59. The zero-order chi connectivity index (χ0) is 13.8. The molecule has 1 heterocycles. The van der Waals surface area contributed by atoms with Crippen molar-refractivity contribution in [2.45, 2.75) is 19.4 Å². The fraction of sp³-hybridized carbons (Fsp3) is 0.357. The number of aryl methyl sites for hydroxylation is 1. The Morgan fingerprint density at radius 2 is 2.26 bits per heavy atom. The number of hydrogen-bond acceptors (Lipinski definition) is 3. The Hall–Kier alpha value is -1.52. The van der Waals surface area contributed by atoms with Gasteiger partial charge >= 0.3 is 0 Å². The smallest absolute Gasteiger partial charge is 0.122 e. The van der Waals surface area contributed by atoms with Crippen LogP contribution in [0.1, 0.15) is 30.7 Å². The molecule has 0 saturated carbocycles. The molecule has 102 valence electrons. The Balaban J connectivity index is 2.26. The second-order valence-corrected chi connectivity index (χ2v) is 4.73. The molecular formula is C14H17ClN2O2. The lowest BCUT2D eigenvalue weighted by atomic mass is 10.1. The van der Waals surface area contributed by atoms with Gasteiger partial charge in [0.15, 0.2) is 0 Å². The maximum atomic E-state index is 10.4. The number of aliphatic hydroxyl groups is 1. The van der Waals surface area contributed by atoms with Gasteiger partial charge in [-0.1, -0.05) is 30.7 Å². The maximum absolute atomic E-state index is 10.4. The first-order valence-electron chi connectivity index (χ1n) is 6.21. The van der Waals surface area contributed by atoms with E-state index in [9.17, 15) is 5.11 Å². The van der Waals surface area contributed by atoms with Gasteiger partial charge in [-0.2, -0.15) is 5.10 Å². The summed E-state index contributed by atoms with van der Waals surface area (Å²) >= 11 is 6.04. The van der Waals surface area contributed by atoms with Gasteiger partial charge in [-0.05, 0) is 24.1 Å². The largest absolute Gasteiger partial charge is 0.494 e. The van der Waals surface area contributed by atoms with Crippen LogP contribution < -0.4 is 4.74 Å². The Morgan fingerprint density at radius 3 is 2.89 bits per heavy atom. The molecule has 1 N–H and O–H groups in total. The van der Waals surface area contributed by atoms with Gasteiger partial charge in [0, 0.05) is 7.05 Å². The third-order valence-corrected chi connectivity index (χ3v) is 3.13. The number of aliphatic hydroxyl groups excluding tert-OH is 1. The topological polar surface area (TPSA) is 47.3 Å². The summed E-state index contributed by atoms with van der Waals surface area (Å²) in [7, 11) is 1.75. The Morgan fingerprint density at radius 1 is 1.47 bits per heavy atom. The number of ether oxygens (including phenoxy) is 1. The van der Waals surface area contributed by atoms with Gasteiger partial charge in [-0.15, -0.1) is 0 Å². The lowest BCUT2D eigenvalue weighted by Crippen LogP contribution is -2.07. The van der Waals surface area contributed by atoms with E-state index in [2.05, 4.69) is 5.10 Å². The first kappa shape index (κ1) is 13.9. The Bertz CT molecular complexity index is 535. The standard InChI is InChI=1S/C14H17ClN2O2/c1-3-7-19-11-6-4-5-10(8-11)14(18)13-12(15)9-16-17(13)2/h4-6,8-9,14,18H,3,7H2,1-2H3. The van der Waals surface area contributed by atoms with E-state index in [0.717, 1.165) is 17.7 Å². The fourth-order valence-corrected chi connectivity index (χ4v) is 2.15. The van der Waals surface area contributed by atoms with Gasteiger partial charge in [-0.3, -0.25) is 4.68 Å². The number of benzene rings is 1. The van der Waals surface area contributed by atoms with Crippen LogP contribution in [0.25, 0.3) is 0 Å². The molecule has 1 aromatic carbocycles. The molecule has 1 atom stereocenters. The predicted molar refractivity (Wildman–Crippen MR) is 74.5 cm³/mol. The maximum Gasteiger partial charge on any atom is 0.122 e. The van der Waals surface area contributed by atoms with Gasteiger partial charge in [0.1, 0.15) is 11.9 Å². The molecule has 4 nitrogen and oxygen atoms in total. The number of hydrogen-bond donors (Lipinski definition) is 1. The van der Waals surface area contributed by atoms with Crippen molar-refractivity contribution in [3.05, 3.63) is 46.7 Å². The average Bonchev–Trinajstić information content (AvgIpc) is 2.75. The van der Waals surface area contributed by atoms with Gasteiger partial charge in [0.2, 0.25) is 0 Å². The monoisotopic (exact) mass is 280 g/mol. The minimum atomic E-state index is -0.815. The lowest BCUT2D eigenvalue weighted by molar-refractivity contribution is 0.209. The van der Waals surface area contributed by atoms with E-state index in [1.165, 1.54) is 6.20 Å². The van der Waals surface area contributed by atoms with E-state index in [4.69, 9.17) is 16.3 Å². The highest BCUT2D eigenvalue weighted by atomic mass is 35.5. The van der Waals surface area contributed by atoms with Crippen molar-refractivity contribution in [3.8, 4) is 5.75 Å². The summed E-state index contributed by atoms with van der Waals surface area (Å²) in [6.45, 7) is 2.71. The van der Waals surface area contributed by atoms with Crippen molar-refractivity contribution in [1.29, 1.82) is 0 Å². The summed E-state index contributed by atoms with van der Waals surface area (Å²) in [5.74, 6) is 0.747. The van der Waals surface area contributed by atoms with E-state index in [-0.39, 0.29) is 0 Å². The molecule has 0 spiro atoms. The van der Waals surface area contributed by atoms with Crippen LogP contribution in [0, 0.1) is 0 Å². The molecule has 0 radical (unpaired) electrons. The van der Waals surface area contributed by atoms with Crippen molar-refractivity contribution < 1.29 is 9.84 Å². The van der Waals surface area contributed by atoms with Gasteiger partial charge < -0.3 is 9.84 Å². The van der Waals surface area contributed by atoms with Crippen LogP contribution in [0.15, 0.2) is 30.5 Å². The molecular weight excluding hydrogens is 264 g/mol. The van der Waals surface area contributed by atoms with Crippen molar-refractivity contribution in [2.75, 3.05) is 6.61 Å². The summed E-state index contributed by atoms with van der Waals surface area (Å²) in [5, 5.41) is 14.9. The highest BCUT2D eigenvalue weighted by molar-refractivity contribution is 6.31. The highest BCUT2D eigenvalue weighted by Crippen LogP contribution is 2.29. The lowest BCUT2D eigenvalue weighted by Gasteiger charge is -2.13. The number of aromatic nitrogens is 2. The van der Waals surface area contributed by atoms with E-state index in [1.54, 1.807) is 11.7 Å². The normalized spacial score (nSPS) is 12.4. The number of rotatable bonds is 5. The van der Waals surface area contributed by atoms with Gasteiger partial charge in [0.25, 0.3) is 0 Å². The molecule has 0 saturated heterocycles. The van der Waals surface area contributed by atoms with E-state index >= 15 is 0 Å². The number of halogens is 1. The molecule has 0 aliphatic carbocycles. The zero-order valence-electron chi connectivity index (χ0n) is 11.0. The minimum absolute atomic E-state index is 0.454. The molecule has 1 unspecified atom stereocenters. The van der Waals surface area contributed by atoms with Crippen molar-refractivity contribution in [1.82, 2.24) is 9.78 Å². The summed E-state index contributed by atoms with van der Waals surface area (Å²) in [6.07, 6.45) is 1.66. The van der Waals surface area contributed by atoms with Crippen LogP contribution in [0.2, 0.25) is 5.02 Å². The highest BCUT2D eigenvalue weighted by Gasteiger charge is 2.18. The fourth-order valence-electron chi connectivity index (χ4n) is 1.88. The van der Waals surface area contributed by atoms with E-state index in [1.807, 2.05) is 31.2 Å². The summed E-state index contributed by atoms with van der Waals surface area (Å²) in [4.78, 5) is 0. The minimum Gasteiger partial charge on any atom is -0.494 e. The third-order valence-electron chi connectivity index (χ3n) is 2.84. The quantitative estimate of drug-likeness (QED) is 0.916. The van der Waals surface area contributed by atoms with Crippen LogP contribution in [-0.2, 0) is 7.05 Å². The predicted octanol–water partition coefficient (Wildman–Crippen LogP) is 2.94. The third kappa shape index (κ3) is 3.08. The second-order valence-electron chi connectivity index (χ2n) is 4.32. The van der Waals surface area contributed by atoms with Gasteiger partial charge in [-0.25, -0.2) is 0 Å². The SMILES string of the molecule is CCCOc1cccc(C(O)c2c(Cl)cnn2C)c1. The molecule has 2 rings (SSSR count). The van der Waals surface area contributed by atoms with Crippen LogP contribution in [0.4, 0.5) is 0 Å². The van der Waals surface area contributed by atoms with Gasteiger partial charge in [0.05, 0.1) is 23.5 Å². The number of nitrogens with zero attached hydrogens (tertiary/aromatic N) is 2. The van der Waals surface area contributed by atoms with E-state index < -0.39 is 6.10 Å². The Labute approximate surface area is 117 Å². The molecule has 0 fully saturated rings.